The Morgan fingerprint density at radius 1 is 0.667 bits per heavy atom. The van der Waals surface area contributed by atoms with Crippen LogP contribution in [0.1, 0.15) is 25.0 Å². The summed E-state index contributed by atoms with van der Waals surface area (Å²) in [5.41, 5.74) is 2.91. The van der Waals surface area contributed by atoms with Gasteiger partial charge >= 0.3 is 0 Å². The molecule has 4 aromatic carbocycles. The molecule has 0 amide bonds. The molecule has 0 unspecified atom stereocenters. The summed E-state index contributed by atoms with van der Waals surface area (Å²) in [7, 11) is 0. The van der Waals surface area contributed by atoms with Gasteiger partial charge in [0.1, 0.15) is 23.0 Å². The fourth-order valence-electron chi connectivity index (χ4n) is 4.16. The molecule has 4 heteroatoms. The second-order valence-electron chi connectivity index (χ2n) is 7.40. The van der Waals surface area contributed by atoms with E-state index in [0.717, 1.165) is 32.7 Å². The largest absolute Gasteiger partial charge is 0.507 e. The van der Waals surface area contributed by atoms with Gasteiger partial charge in [-0.1, -0.05) is 36.4 Å². The van der Waals surface area contributed by atoms with Gasteiger partial charge in [-0.05, 0) is 51.0 Å². The second kappa shape index (κ2) is 7.79. The Kier molecular flexibility index (Phi) is 5.17. The standard InChI is InChI=1S/C26H26O4/c1-5-29-21-13-19(25(27)23-15(3)9-7-11-17(21)23)20-14-22(30-6-2)18-12-8-10-16(4)24(18)26(20)28/h7-14,27-28H,5-6H2,1-4H3. The molecule has 0 spiro atoms. The number of phenols is 2. The maximum Gasteiger partial charge on any atom is 0.131 e. The van der Waals surface area contributed by atoms with Gasteiger partial charge in [0.15, 0.2) is 0 Å². The molecule has 0 aliphatic rings. The first-order chi connectivity index (χ1) is 14.5. The van der Waals surface area contributed by atoms with Gasteiger partial charge in [-0.3, -0.25) is 0 Å². The zero-order valence-corrected chi connectivity index (χ0v) is 17.7. The number of aromatic hydroxyl groups is 2. The third-order valence-corrected chi connectivity index (χ3v) is 5.50. The number of rotatable bonds is 5. The van der Waals surface area contributed by atoms with Crippen molar-refractivity contribution < 1.29 is 19.7 Å². The lowest BCUT2D eigenvalue weighted by atomic mass is 9.92. The Hall–Kier alpha value is -3.40. The zero-order chi connectivity index (χ0) is 21.4. The summed E-state index contributed by atoms with van der Waals surface area (Å²) in [6.07, 6.45) is 0. The lowest BCUT2D eigenvalue weighted by molar-refractivity contribution is 0.343. The van der Waals surface area contributed by atoms with Gasteiger partial charge in [0, 0.05) is 32.7 Å². The first-order valence-electron chi connectivity index (χ1n) is 10.2. The van der Waals surface area contributed by atoms with Crippen molar-refractivity contribution in [1.29, 1.82) is 0 Å². The van der Waals surface area contributed by atoms with Crippen LogP contribution in [0.3, 0.4) is 0 Å². The third-order valence-electron chi connectivity index (χ3n) is 5.50. The molecule has 0 saturated heterocycles. The number of hydrogen-bond acceptors (Lipinski definition) is 4. The van der Waals surface area contributed by atoms with Crippen molar-refractivity contribution in [2.75, 3.05) is 13.2 Å². The molecule has 154 valence electrons. The summed E-state index contributed by atoms with van der Waals surface area (Å²) in [4.78, 5) is 0. The number of ether oxygens (including phenoxy) is 2. The maximum atomic E-state index is 11.3. The van der Waals surface area contributed by atoms with E-state index in [1.165, 1.54) is 0 Å². The number of phenolic OH excluding ortho intramolecular Hbond substituents is 2. The minimum Gasteiger partial charge on any atom is -0.507 e. The van der Waals surface area contributed by atoms with Crippen LogP contribution < -0.4 is 9.47 Å². The zero-order valence-electron chi connectivity index (χ0n) is 17.7. The summed E-state index contributed by atoms with van der Waals surface area (Å²) >= 11 is 0. The van der Waals surface area contributed by atoms with Crippen molar-refractivity contribution in [3.63, 3.8) is 0 Å². The molecule has 4 rings (SSSR count). The summed E-state index contributed by atoms with van der Waals surface area (Å²) in [6, 6.07) is 15.3. The summed E-state index contributed by atoms with van der Waals surface area (Å²) in [5.74, 6) is 1.59. The molecule has 30 heavy (non-hydrogen) atoms. The Balaban J connectivity index is 2.12. The third kappa shape index (κ3) is 3.09. The highest BCUT2D eigenvalue weighted by atomic mass is 16.5. The van der Waals surface area contributed by atoms with E-state index in [0.29, 0.717) is 35.8 Å². The first-order valence-corrected chi connectivity index (χ1v) is 10.2. The molecule has 0 bridgehead atoms. The predicted octanol–water partition coefficient (Wildman–Crippen LogP) is 6.49. The molecule has 0 atom stereocenters. The van der Waals surface area contributed by atoms with Crippen LogP contribution in [0, 0.1) is 13.8 Å². The van der Waals surface area contributed by atoms with Gasteiger partial charge < -0.3 is 19.7 Å². The SMILES string of the molecule is CCOc1cc(-c2cc(OCC)c3cccc(C)c3c2O)c(O)c2c(C)cccc12. The summed E-state index contributed by atoms with van der Waals surface area (Å²) < 4.78 is 11.8. The fourth-order valence-corrected chi connectivity index (χ4v) is 4.16. The number of aryl methyl sites for hydroxylation is 2. The van der Waals surface area contributed by atoms with E-state index in [4.69, 9.17) is 9.47 Å². The first kappa shape index (κ1) is 19.9. The molecular weight excluding hydrogens is 376 g/mol. The molecule has 2 N–H and O–H groups in total. The highest BCUT2D eigenvalue weighted by molar-refractivity contribution is 6.06. The van der Waals surface area contributed by atoms with E-state index in [1.807, 2.05) is 64.1 Å². The molecule has 0 saturated carbocycles. The average Bonchev–Trinajstić information content (AvgIpc) is 2.72. The van der Waals surface area contributed by atoms with Crippen molar-refractivity contribution in [3.05, 3.63) is 59.7 Å². The number of benzene rings is 4. The molecule has 0 aliphatic carbocycles. The predicted molar refractivity (Wildman–Crippen MR) is 122 cm³/mol. The minimum atomic E-state index is 0.122. The van der Waals surface area contributed by atoms with Crippen molar-refractivity contribution >= 4 is 21.5 Å². The van der Waals surface area contributed by atoms with Crippen LogP contribution >= 0.6 is 0 Å². The minimum absolute atomic E-state index is 0.122. The summed E-state index contributed by atoms with van der Waals surface area (Å²) in [6.45, 7) is 8.77. The highest BCUT2D eigenvalue weighted by Gasteiger charge is 2.21. The van der Waals surface area contributed by atoms with Gasteiger partial charge in [0.05, 0.1) is 13.2 Å². The normalized spacial score (nSPS) is 11.2. The number of hydrogen-bond donors (Lipinski definition) is 2. The summed E-state index contributed by atoms with van der Waals surface area (Å²) in [5, 5.41) is 25.7. The molecule has 0 radical (unpaired) electrons. The van der Waals surface area contributed by atoms with Crippen LogP contribution in [0.4, 0.5) is 0 Å². The van der Waals surface area contributed by atoms with Gasteiger partial charge in [0.2, 0.25) is 0 Å². The monoisotopic (exact) mass is 402 g/mol. The van der Waals surface area contributed by atoms with Crippen LogP contribution in [0.15, 0.2) is 48.5 Å². The van der Waals surface area contributed by atoms with E-state index in [1.54, 1.807) is 12.1 Å². The maximum absolute atomic E-state index is 11.3. The van der Waals surface area contributed by atoms with E-state index in [2.05, 4.69) is 0 Å². The van der Waals surface area contributed by atoms with Crippen LogP contribution in [-0.2, 0) is 0 Å². The Morgan fingerprint density at radius 2 is 1.07 bits per heavy atom. The highest BCUT2D eigenvalue weighted by Crippen LogP contribution is 2.49. The molecule has 0 heterocycles. The van der Waals surface area contributed by atoms with Crippen LogP contribution in [0.25, 0.3) is 32.7 Å². The van der Waals surface area contributed by atoms with Gasteiger partial charge in [-0.25, -0.2) is 0 Å². The quantitative estimate of drug-likeness (QED) is 0.401. The topological polar surface area (TPSA) is 58.9 Å². The lowest BCUT2D eigenvalue weighted by Gasteiger charge is -2.18. The Morgan fingerprint density at radius 3 is 1.43 bits per heavy atom. The second-order valence-corrected chi connectivity index (χ2v) is 7.40. The van der Waals surface area contributed by atoms with Gasteiger partial charge in [-0.2, -0.15) is 0 Å². The lowest BCUT2D eigenvalue weighted by Crippen LogP contribution is -1.97. The van der Waals surface area contributed by atoms with Crippen LogP contribution in [0.5, 0.6) is 23.0 Å². The average molecular weight is 402 g/mol. The van der Waals surface area contributed by atoms with Crippen LogP contribution in [0.2, 0.25) is 0 Å². The molecule has 0 fully saturated rings. The smallest absolute Gasteiger partial charge is 0.131 e. The molecule has 0 aliphatic heterocycles. The number of fused-ring (bicyclic) bond motifs is 2. The van der Waals surface area contributed by atoms with Crippen molar-refractivity contribution in [2.45, 2.75) is 27.7 Å². The van der Waals surface area contributed by atoms with E-state index < -0.39 is 0 Å². The van der Waals surface area contributed by atoms with Gasteiger partial charge in [-0.15, -0.1) is 0 Å². The van der Waals surface area contributed by atoms with Crippen molar-refractivity contribution in [3.8, 4) is 34.1 Å². The van der Waals surface area contributed by atoms with Crippen molar-refractivity contribution in [1.82, 2.24) is 0 Å². The molecule has 4 nitrogen and oxygen atoms in total. The van der Waals surface area contributed by atoms with Gasteiger partial charge in [0.25, 0.3) is 0 Å². The molecule has 0 aromatic heterocycles. The van der Waals surface area contributed by atoms with E-state index in [9.17, 15) is 10.2 Å². The molecular formula is C26H26O4. The van der Waals surface area contributed by atoms with Crippen LogP contribution in [-0.4, -0.2) is 23.4 Å². The fraction of sp³-hybridized carbons (Fsp3) is 0.231. The Bertz CT molecular complexity index is 1160. The molecule has 4 aromatic rings. The van der Waals surface area contributed by atoms with E-state index in [-0.39, 0.29) is 11.5 Å². The Labute approximate surface area is 176 Å². The van der Waals surface area contributed by atoms with E-state index >= 15 is 0 Å². The van der Waals surface area contributed by atoms with Crippen molar-refractivity contribution in [2.24, 2.45) is 0 Å².